The molecule has 2 unspecified atom stereocenters. The highest BCUT2D eigenvalue weighted by Crippen LogP contribution is 2.27. The summed E-state index contributed by atoms with van der Waals surface area (Å²) < 4.78 is 10.7. The molecule has 7 heteroatoms. The highest BCUT2D eigenvalue weighted by molar-refractivity contribution is 6.04. The third-order valence-electron chi connectivity index (χ3n) is 4.43. The first kappa shape index (κ1) is 16.7. The lowest BCUT2D eigenvalue weighted by atomic mass is 10.2. The molecule has 2 atom stereocenters. The molecule has 130 valence electrons. The highest BCUT2D eigenvalue weighted by Gasteiger charge is 2.47. The van der Waals surface area contributed by atoms with E-state index in [4.69, 9.17) is 9.47 Å². The summed E-state index contributed by atoms with van der Waals surface area (Å²) in [6, 6.07) is 6.84. The normalized spacial score (nSPS) is 21.3. The van der Waals surface area contributed by atoms with Crippen LogP contribution in [-0.4, -0.2) is 65.8 Å². The van der Waals surface area contributed by atoms with Crippen molar-refractivity contribution in [2.45, 2.75) is 31.6 Å². The molecule has 2 aliphatic heterocycles. The van der Waals surface area contributed by atoms with E-state index in [0.29, 0.717) is 13.0 Å². The predicted octanol–water partition coefficient (Wildman–Crippen LogP) is 0.999. The van der Waals surface area contributed by atoms with Gasteiger partial charge in [0.2, 0.25) is 0 Å². The van der Waals surface area contributed by atoms with E-state index in [0.717, 1.165) is 22.6 Å². The van der Waals surface area contributed by atoms with Crippen LogP contribution < -0.4 is 4.74 Å². The summed E-state index contributed by atoms with van der Waals surface area (Å²) in [5, 5.41) is 10.1. The number of methoxy groups -OCH3 is 1. The number of benzene rings is 1. The summed E-state index contributed by atoms with van der Waals surface area (Å²) >= 11 is 0. The molecule has 7 nitrogen and oxygen atoms in total. The van der Waals surface area contributed by atoms with Crippen molar-refractivity contribution < 1.29 is 24.2 Å². The van der Waals surface area contributed by atoms with Crippen molar-refractivity contribution >= 4 is 11.9 Å². The minimum absolute atomic E-state index is 0.0312. The van der Waals surface area contributed by atoms with E-state index < -0.39 is 6.10 Å². The number of hydrogen-bond donors (Lipinski definition) is 1. The Kier molecular flexibility index (Phi) is 5.01. The van der Waals surface area contributed by atoms with Gasteiger partial charge in [0.25, 0.3) is 5.91 Å². The van der Waals surface area contributed by atoms with Crippen LogP contribution in [0.3, 0.4) is 0 Å². The van der Waals surface area contributed by atoms with Gasteiger partial charge in [-0.25, -0.2) is 4.79 Å². The predicted molar refractivity (Wildman–Crippen MR) is 85.5 cm³/mol. The molecule has 0 radical (unpaired) electrons. The number of para-hydroxylation sites is 1. The maximum atomic E-state index is 12.2. The third-order valence-corrected chi connectivity index (χ3v) is 4.43. The molecule has 24 heavy (non-hydrogen) atoms. The van der Waals surface area contributed by atoms with Gasteiger partial charge >= 0.3 is 6.03 Å². The lowest BCUT2D eigenvalue weighted by molar-refractivity contribution is -0.129. The second kappa shape index (κ2) is 7.19. The first-order valence-corrected chi connectivity index (χ1v) is 8.11. The molecular formula is C17H22N2O5. The Hall–Kier alpha value is -2.12. The Balaban J connectivity index is 1.49. The van der Waals surface area contributed by atoms with Crippen molar-refractivity contribution in [2.24, 2.45) is 0 Å². The summed E-state index contributed by atoms with van der Waals surface area (Å²) in [5.41, 5.74) is 0.876. The lowest BCUT2D eigenvalue weighted by Gasteiger charge is -2.19. The first-order chi connectivity index (χ1) is 11.6. The van der Waals surface area contributed by atoms with Crippen LogP contribution >= 0.6 is 0 Å². The van der Waals surface area contributed by atoms with Crippen LogP contribution in [0, 0.1) is 0 Å². The van der Waals surface area contributed by atoms with Crippen molar-refractivity contribution in [3.8, 4) is 5.75 Å². The molecule has 0 saturated carbocycles. The molecule has 3 amide bonds. The topological polar surface area (TPSA) is 79.3 Å². The average molecular weight is 334 g/mol. The number of fused-ring (bicyclic) bond motifs is 1. The Bertz CT molecular complexity index is 599. The number of imide groups is 1. The average Bonchev–Trinajstić information content (AvgIpc) is 3.15. The molecule has 1 aromatic rings. The Morgan fingerprint density at radius 2 is 2.12 bits per heavy atom. The van der Waals surface area contributed by atoms with Crippen LogP contribution in [0.15, 0.2) is 24.3 Å². The maximum Gasteiger partial charge on any atom is 0.327 e. The van der Waals surface area contributed by atoms with E-state index in [1.54, 1.807) is 12.0 Å². The monoisotopic (exact) mass is 334 g/mol. The number of β-amino-alcohol motifs (C(OH)–C–C–N with tert-alkyl or cyclic N) is 1. The van der Waals surface area contributed by atoms with Crippen molar-refractivity contribution in [1.82, 2.24) is 9.80 Å². The van der Waals surface area contributed by atoms with Crippen molar-refractivity contribution in [3.63, 3.8) is 0 Å². The smallest absolute Gasteiger partial charge is 0.327 e. The number of aliphatic hydroxyl groups is 1. The molecule has 0 bridgehead atoms. The molecular weight excluding hydrogens is 312 g/mol. The largest absolute Gasteiger partial charge is 0.496 e. The number of carbonyl (C=O) groups is 2. The zero-order valence-corrected chi connectivity index (χ0v) is 13.7. The van der Waals surface area contributed by atoms with Gasteiger partial charge in [-0.3, -0.25) is 9.69 Å². The van der Waals surface area contributed by atoms with Gasteiger partial charge in [-0.05, 0) is 18.9 Å². The Morgan fingerprint density at radius 3 is 2.88 bits per heavy atom. The minimum atomic E-state index is -0.910. The number of nitrogens with zero attached hydrogens (tertiary/aromatic N) is 2. The van der Waals surface area contributed by atoms with Gasteiger partial charge in [0.15, 0.2) is 0 Å². The van der Waals surface area contributed by atoms with Crippen LogP contribution in [0.4, 0.5) is 4.79 Å². The molecule has 0 spiro atoms. The summed E-state index contributed by atoms with van der Waals surface area (Å²) in [6.45, 7) is 0.917. The lowest BCUT2D eigenvalue weighted by Crippen LogP contribution is -2.40. The molecule has 2 fully saturated rings. The third kappa shape index (κ3) is 3.22. The molecule has 2 heterocycles. The Morgan fingerprint density at radius 1 is 1.33 bits per heavy atom. The Labute approximate surface area is 140 Å². The van der Waals surface area contributed by atoms with E-state index in [1.165, 1.54) is 0 Å². The fourth-order valence-electron chi connectivity index (χ4n) is 3.24. The first-order valence-electron chi connectivity index (χ1n) is 8.11. The van der Waals surface area contributed by atoms with Crippen LogP contribution in [0.25, 0.3) is 0 Å². The van der Waals surface area contributed by atoms with Gasteiger partial charge < -0.3 is 19.5 Å². The van der Waals surface area contributed by atoms with Gasteiger partial charge in [-0.15, -0.1) is 0 Å². The fraction of sp³-hybridized carbons (Fsp3) is 0.529. The molecule has 2 aliphatic rings. The molecule has 2 saturated heterocycles. The minimum Gasteiger partial charge on any atom is -0.496 e. The van der Waals surface area contributed by atoms with Crippen LogP contribution in [0.2, 0.25) is 0 Å². The molecule has 0 aliphatic carbocycles. The van der Waals surface area contributed by atoms with Crippen molar-refractivity contribution in [3.05, 3.63) is 29.8 Å². The van der Waals surface area contributed by atoms with Gasteiger partial charge in [0.1, 0.15) is 11.8 Å². The number of carbonyl (C=O) groups excluding carboxylic acids is 2. The molecule has 1 N–H and O–H groups in total. The number of amides is 3. The number of rotatable bonds is 7. The zero-order chi connectivity index (χ0) is 17.1. The second-order valence-corrected chi connectivity index (χ2v) is 6.06. The van der Waals surface area contributed by atoms with E-state index in [2.05, 4.69) is 0 Å². The number of hydrogen-bond acceptors (Lipinski definition) is 5. The van der Waals surface area contributed by atoms with Gasteiger partial charge in [-0.2, -0.15) is 0 Å². The molecule has 0 aromatic heterocycles. The summed E-state index contributed by atoms with van der Waals surface area (Å²) in [5.74, 6) is 0.513. The molecule has 1 aromatic carbocycles. The quantitative estimate of drug-likeness (QED) is 0.753. The van der Waals surface area contributed by atoms with E-state index in [1.807, 2.05) is 24.3 Å². The van der Waals surface area contributed by atoms with Crippen LogP contribution in [0.5, 0.6) is 5.75 Å². The summed E-state index contributed by atoms with van der Waals surface area (Å²) in [4.78, 5) is 27.1. The number of urea groups is 1. The van der Waals surface area contributed by atoms with E-state index in [9.17, 15) is 14.7 Å². The molecule has 3 rings (SSSR count). The standard InChI is InChI=1S/C17H22N2O5/c1-23-15-7-3-2-5-12(15)10-24-11-13(20)9-19-16(21)14-6-4-8-18(14)17(19)22/h2-3,5,7,13-14,20H,4,6,8-11H2,1H3. The zero-order valence-electron chi connectivity index (χ0n) is 13.7. The van der Waals surface area contributed by atoms with Crippen LogP contribution in [-0.2, 0) is 16.1 Å². The fourth-order valence-corrected chi connectivity index (χ4v) is 3.24. The van der Waals surface area contributed by atoms with E-state index in [-0.39, 0.29) is 37.7 Å². The highest BCUT2D eigenvalue weighted by atomic mass is 16.5. The SMILES string of the molecule is COc1ccccc1COCC(O)CN1C(=O)C2CCCN2C1=O. The van der Waals surface area contributed by atoms with Crippen LogP contribution in [0.1, 0.15) is 18.4 Å². The number of aliphatic hydroxyl groups excluding tert-OH is 1. The second-order valence-electron chi connectivity index (χ2n) is 6.06. The van der Waals surface area contributed by atoms with Crippen molar-refractivity contribution in [1.29, 1.82) is 0 Å². The van der Waals surface area contributed by atoms with E-state index >= 15 is 0 Å². The van der Waals surface area contributed by atoms with Crippen molar-refractivity contribution in [2.75, 3.05) is 26.8 Å². The van der Waals surface area contributed by atoms with Gasteiger partial charge in [0, 0.05) is 12.1 Å². The van der Waals surface area contributed by atoms with Gasteiger partial charge in [0.05, 0.1) is 33.0 Å². The number of ether oxygens (including phenoxy) is 2. The maximum absolute atomic E-state index is 12.2. The van der Waals surface area contributed by atoms with Gasteiger partial charge in [-0.1, -0.05) is 18.2 Å². The summed E-state index contributed by atoms with van der Waals surface area (Å²) in [7, 11) is 1.59. The summed E-state index contributed by atoms with van der Waals surface area (Å²) in [6.07, 6.45) is 0.662.